The van der Waals surface area contributed by atoms with Crippen LogP contribution in [0.2, 0.25) is 0 Å². The smallest absolute Gasteiger partial charge is 0.329 e. The molecule has 0 radical (unpaired) electrons. The Bertz CT molecular complexity index is 481. The number of carboxylic acid groups (broad SMARTS) is 1. The van der Waals surface area contributed by atoms with Gasteiger partial charge in [-0.05, 0) is 24.6 Å². The summed E-state index contributed by atoms with van der Waals surface area (Å²) in [7, 11) is 0. The molecule has 0 aromatic rings. The van der Waals surface area contributed by atoms with E-state index in [-0.39, 0.29) is 12.4 Å². The number of aliphatic carboxylic acids is 1. The predicted octanol–water partition coefficient (Wildman–Crippen LogP) is 1.94. The number of ether oxygens (including phenoxy) is 3. The Morgan fingerprint density at radius 2 is 1.91 bits per heavy atom. The van der Waals surface area contributed by atoms with Crippen LogP contribution in [0.1, 0.15) is 19.8 Å². The Morgan fingerprint density at radius 1 is 1.26 bits per heavy atom. The van der Waals surface area contributed by atoms with Crippen LogP contribution in [0.3, 0.4) is 0 Å². The summed E-state index contributed by atoms with van der Waals surface area (Å²) >= 11 is 0. The lowest BCUT2D eigenvalue weighted by atomic mass is 10.0. The molecule has 2 aliphatic rings. The maximum Gasteiger partial charge on any atom is 0.329 e. The number of carboxylic acids is 1. The van der Waals surface area contributed by atoms with Gasteiger partial charge in [-0.25, -0.2) is 4.79 Å². The average molecular weight is 323 g/mol. The second kappa shape index (κ2) is 8.29. The first-order chi connectivity index (χ1) is 11.0. The molecule has 2 aliphatic heterocycles. The fourth-order valence-corrected chi connectivity index (χ4v) is 2.77. The zero-order valence-electron chi connectivity index (χ0n) is 13.6. The zero-order valence-corrected chi connectivity index (χ0v) is 13.6. The molecule has 2 fully saturated rings. The molecule has 2 rings (SSSR count). The van der Waals surface area contributed by atoms with Gasteiger partial charge >= 0.3 is 5.97 Å². The Kier molecular flexibility index (Phi) is 6.38. The third-order valence-electron chi connectivity index (χ3n) is 4.01. The molecule has 0 atom stereocenters. The van der Waals surface area contributed by atoms with Gasteiger partial charge in [-0.1, -0.05) is 12.7 Å². The van der Waals surface area contributed by atoms with Crippen molar-refractivity contribution in [1.29, 1.82) is 0 Å². The molecule has 0 aromatic carbocycles. The molecule has 0 aliphatic carbocycles. The van der Waals surface area contributed by atoms with Gasteiger partial charge in [0.15, 0.2) is 5.79 Å². The number of hydrogen-bond acceptors (Lipinski definition) is 5. The maximum absolute atomic E-state index is 10.4. The summed E-state index contributed by atoms with van der Waals surface area (Å²) in [6, 6.07) is 0. The standard InChI is InChI=1S/C17H25NO5/c1-3-15(5-4-14(2)12-21-13-16(19)20)18-8-6-17(7-9-18)22-10-11-23-17/h3-5H,1,6-13H2,2H3,(H,19,20)/b14-4+,15-5+. The van der Waals surface area contributed by atoms with E-state index in [0.717, 1.165) is 37.2 Å². The molecular formula is C17H25NO5. The van der Waals surface area contributed by atoms with Crippen molar-refractivity contribution in [1.82, 2.24) is 4.90 Å². The third kappa shape index (κ3) is 5.20. The SMILES string of the molecule is C=C/C(=C\C=C(/C)COCC(=O)O)N1CCC2(CC1)OCCO2. The summed E-state index contributed by atoms with van der Waals surface area (Å²) in [6.07, 6.45) is 7.45. The van der Waals surface area contributed by atoms with Crippen molar-refractivity contribution < 1.29 is 24.1 Å². The molecule has 0 aromatic heterocycles. The van der Waals surface area contributed by atoms with E-state index in [9.17, 15) is 4.79 Å². The van der Waals surface area contributed by atoms with Gasteiger partial charge in [0.25, 0.3) is 0 Å². The maximum atomic E-state index is 10.4. The van der Waals surface area contributed by atoms with Gasteiger partial charge in [0, 0.05) is 31.6 Å². The summed E-state index contributed by atoms with van der Waals surface area (Å²) in [6.45, 7) is 8.90. The van der Waals surface area contributed by atoms with E-state index in [2.05, 4.69) is 11.5 Å². The molecule has 0 bridgehead atoms. The lowest BCUT2D eigenvalue weighted by molar-refractivity contribution is -0.182. The monoisotopic (exact) mass is 323 g/mol. The number of carbonyl (C=O) groups is 1. The number of likely N-dealkylation sites (tertiary alicyclic amines) is 1. The summed E-state index contributed by atoms with van der Waals surface area (Å²) < 4.78 is 16.5. The van der Waals surface area contributed by atoms with Crippen LogP contribution in [-0.2, 0) is 19.0 Å². The van der Waals surface area contributed by atoms with Crippen LogP contribution in [0.4, 0.5) is 0 Å². The van der Waals surface area contributed by atoms with E-state index in [1.807, 2.05) is 25.2 Å². The number of hydrogen-bond donors (Lipinski definition) is 1. The minimum Gasteiger partial charge on any atom is -0.480 e. The van der Waals surface area contributed by atoms with Gasteiger partial charge in [0.2, 0.25) is 0 Å². The molecule has 2 saturated heterocycles. The van der Waals surface area contributed by atoms with Crippen LogP contribution in [0.5, 0.6) is 0 Å². The molecule has 1 N–H and O–H groups in total. The van der Waals surface area contributed by atoms with Gasteiger partial charge in [-0.3, -0.25) is 0 Å². The summed E-state index contributed by atoms with van der Waals surface area (Å²) in [5, 5.41) is 8.54. The van der Waals surface area contributed by atoms with Crippen LogP contribution in [0.25, 0.3) is 0 Å². The Balaban J connectivity index is 1.86. The van der Waals surface area contributed by atoms with Crippen LogP contribution in [0.15, 0.2) is 36.1 Å². The highest BCUT2D eigenvalue weighted by Gasteiger charge is 2.39. The predicted molar refractivity (Wildman–Crippen MR) is 85.9 cm³/mol. The highest BCUT2D eigenvalue weighted by molar-refractivity contribution is 5.68. The molecule has 128 valence electrons. The largest absolute Gasteiger partial charge is 0.480 e. The molecule has 0 saturated carbocycles. The Hall–Kier alpha value is -1.63. The van der Waals surface area contributed by atoms with E-state index in [1.165, 1.54) is 0 Å². The van der Waals surface area contributed by atoms with Crippen molar-refractivity contribution in [3.05, 3.63) is 36.1 Å². The quantitative estimate of drug-likeness (QED) is 0.722. The Morgan fingerprint density at radius 3 is 2.48 bits per heavy atom. The second-order valence-corrected chi connectivity index (χ2v) is 5.79. The van der Waals surface area contributed by atoms with E-state index >= 15 is 0 Å². The minimum atomic E-state index is -0.960. The topological polar surface area (TPSA) is 68.2 Å². The van der Waals surface area contributed by atoms with E-state index in [0.29, 0.717) is 19.8 Å². The number of rotatable bonds is 7. The van der Waals surface area contributed by atoms with Crippen molar-refractivity contribution in [2.45, 2.75) is 25.6 Å². The van der Waals surface area contributed by atoms with E-state index in [1.54, 1.807) is 0 Å². The first-order valence-electron chi connectivity index (χ1n) is 7.87. The molecule has 0 unspecified atom stereocenters. The lowest BCUT2D eigenvalue weighted by Gasteiger charge is -2.39. The molecular weight excluding hydrogens is 298 g/mol. The second-order valence-electron chi connectivity index (χ2n) is 5.79. The first kappa shape index (κ1) is 17.7. The molecule has 0 amide bonds. The molecule has 6 nitrogen and oxygen atoms in total. The van der Waals surface area contributed by atoms with Crippen LogP contribution >= 0.6 is 0 Å². The number of piperidine rings is 1. The van der Waals surface area contributed by atoms with Crippen molar-refractivity contribution in [3.8, 4) is 0 Å². The zero-order chi connectivity index (χ0) is 16.7. The van der Waals surface area contributed by atoms with Crippen molar-refractivity contribution in [2.24, 2.45) is 0 Å². The summed E-state index contributed by atoms with van der Waals surface area (Å²) in [4.78, 5) is 12.7. The van der Waals surface area contributed by atoms with Crippen LogP contribution in [-0.4, -0.2) is 61.3 Å². The summed E-state index contributed by atoms with van der Waals surface area (Å²) in [5.74, 6) is -1.34. The average Bonchev–Trinajstić information content (AvgIpc) is 2.97. The van der Waals surface area contributed by atoms with Gasteiger partial charge < -0.3 is 24.2 Å². The van der Waals surface area contributed by atoms with Crippen molar-refractivity contribution in [3.63, 3.8) is 0 Å². The molecule has 2 heterocycles. The van der Waals surface area contributed by atoms with Crippen molar-refractivity contribution in [2.75, 3.05) is 39.5 Å². The molecule has 6 heteroatoms. The Labute approximate surface area is 137 Å². The van der Waals surface area contributed by atoms with Gasteiger partial charge in [0.1, 0.15) is 6.61 Å². The van der Waals surface area contributed by atoms with Gasteiger partial charge in [-0.15, -0.1) is 0 Å². The first-order valence-corrected chi connectivity index (χ1v) is 7.87. The van der Waals surface area contributed by atoms with Crippen LogP contribution < -0.4 is 0 Å². The number of nitrogens with zero attached hydrogens (tertiary/aromatic N) is 1. The van der Waals surface area contributed by atoms with E-state index in [4.69, 9.17) is 19.3 Å². The highest BCUT2D eigenvalue weighted by atomic mass is 16.7. The summed E-state index contributed by atoms with van der Waals surface area (Å²) in [5.41, 5.74) is 2.00. The normalized spacial score (nSPS) is 21.7. The van der Waals surface area contributed by atoms with E-state index < -0.39 is 5.97 Å². The molecule has 23 heavy (non-hydrogen) atoms. The number of allylic oxidation sites excluding steroid dienone is 3. The van der Waals surface area contributed by atoms with Crippen LogP contribution in [0, 0.1) is 0 Å². The highest BCUT2D eigenvalue weighted by Crippen LogP contribution is 2.32. The van der Waals surface area contributed by atoms with Gasteiger partial charge in [0.05, 0.1) is 19.8 Å². The van der Waals surface area contributed by atoms with Gasteiger partial charge in [-0.2, -0.15) is 0 Å². The lowest BCUT2D eigenvalue weighted by Crippen LogP contribution is -2.44. The molecule has 1 spiro atoms. The fourth-order valence-electron chi connectivity index (χ4n) is 2.77. The minimum absolute atomic E-state index is 0.280. The third-order valence-corrected chi connectivity index (χ3v) is 4.01. The van der Waals surface area contributed by atoms with Crippen molar-refractivity contribution >= 4 is 5.97 Å². The fraction of sp³-hybridized carbons (Fsp3) is 0.588.